The van der Waals surface area contributed by atoms with Gasteiger partial charge in [0.1, 0.15) is 6.04 Å². The summed E-state index contributed by atoms with van der Waals surface area (Å²) >= 11 is 1.61. The second kappa shape index (κ2) is 17.8. The van der Waals surface area contributed by atoms with Crippen LogP contribution in [0.4, 0.5) is 0 Å². The van der Waals surface area contributed by atoms with Crippen LogP contribution in [0.25, 0.3) is 11.1 Å². The summed E-state index contributed by atoms with van der Waals surface area (Å²) in [6.45, 7) is 10.1. The lowest BCUT2D eigenvalue weighted by atomic mass is 9.84. The van der Waals surface area contributed by atoms with E-state index in [0.717, 1.165) is 27.8 Å². The number of rotatable bonds is 16. The molecule has 0 aliphatic rings. The van der Waals surface area contributed by atoms with E-state index in [2.05, 4.69) is 72.7 Å². The molecule has 0 aromatic heterocycles. The van der Waals surface area contributed by atoms with Crippen molar-refractivity contribution in [2.75, 3.05) is 32.2 Å². The molecule has 2 amide bonds. The summed E-state index contributed by atoms with van der Waals surface area (Å²) < 4.78 is 4.99. The molecule has 0 spiro atoms. The van der Waals surface area contributed by atoms with Crippen molar-refractivity contribution in [1.29, 1.82) is 0 Å². The van der Waals surface area contributed by atoms with Crippen molar-refractivity contribution in [3.63, 3.8) is 0 Å². The standard InChI is InChI=1S/C41H49N3O4S/c1-29-16-18-31(19-17-29)25-44(27-38(45)42-28-41(3,4)33-13-8-7-9-14-33)26-32-20-21-35(36(24-32)34-15-11-10-12-30(34)2)39(46)43-37(22-23-49-6)40(47)48-5/h7-21,24,37H,22-23,25-28H2,1-6H3,(H,42,45)(H,43,46)/t37-/m0/s1. The molecule has 0 fully saturated rings. The maximum absolute atomic E-state index is 13.8. The Labute approximate surface area is 295 Å². The van der Waals surface area contributed by atoms with Gasteiger partial charge in [-0.15, -0.1) is 0 Å². The minimum absolute atomic E-state index is 0.0506. The largest absolute Gasteiger partial charge is 0.467 e. The Kier molecular flexibility index (Phi) is 13.6. The molecule has 7 nitrogen and oxygen atoms in total. The van der Waals surface area contributed by atoms with Gasteiger partial charge in [-0.2, -0.15) is 11.8 Å². The highest BCUT2D eigenvalue weighted by atomic mass is 32.2. The third-order valence-electron chi connectivity index (χ3n) is 8.75. The Morgan fingerprint density at radius 3 is 2.16 bits per heavy atom. The summed E-state index contributed by atoms with van der Waals surface area (Å²) in [7, 11) is 1.33. The number of aryl methyl sites for hydroxylation is 2. The van der Waals surface area contributed by atoms with Crippen LogP contribution in [0, 0.1) is 13.8 Å². The summed E-state index contributed by atoms with van der Waals surface area (Å²) in [5.74, 6) is -0.144. The topological polar surface area (TPSA) is 87.7 Å². The van der Waals surface area contributed by atoms with E-state index in [9.17, 15) is 14.4 Å². The van der Waals surface area contributed by atoms with E-state index >= 15 is 0 Å². The van der Waals surface area contributed by atoms with Crippen molar-refractivity contribution in [1.82, 2.24) is 15.5 Å². The normalized spacial score (nSPS) is 12.0. The highest BCUT2D eigenvalue weighted by molar-refractivity contribution is 7.98. The first-order valence-corrected chi connectivity index (χ1v) is 18.1. The molecule has 4 rings (SSSR count). The van der Waals surface area contributed by atoms with Crippen LogP contribution >= 0.6 is 11.8 Å². The van der Waals surface area contributed by atoms with Crippen molar-refractivity contribution < 1.29 is 19.1 Å². The number of hydrogen-bond donors (Lipinski definition) is 2. The fourth-order valence-corrected chi connectivity index (χ4v) is 6.27. The average Bonchev–Trinajstić information content (AvgIpc) is 3.10. The zero-order valence-corrected chi connectivity index (χ0v) is 30.4. The van der Waals surface area contributed by atoms with Crippen LogP contribution in [-0.2, 0) is 32.8 Å². The minimum atomic E-state index is -0.746. The lowest BCUT2D eigenvalue weighted by Gasteiger charge is -2.27. The van der Waals surface area contributed by atoms with Crippen molar-refractivity contribution in [2.45, 2.75) is 58.7 Å². The highest BCUT2D eigenvalue weighted by Crippen LogP contribution is 2.29. The first kappa shape index (κ1) is 37.4. The first-order chi connectivity index (χ1) is 23.5. The van der Waals surface area contributed by atoms with Crippen molar-refractivity contribution in [3.05, 3.63) is 130 Å². The summed E-state index contributed by atoms with van der Waals surface area (Å²) in [6, 6.07) is 31.6. The molecule has 4 aromatic rings. The van der Waals surface area contributed by atoms with Gasteiger partial charge in [-0.1, -0.05) is 104 Å². The van der Waals surface area contributed by atoms with Crippen LogP contribution in [0.2, 0.25) is 0 Å². The van der Waals surface area contributed by atoms with E-state index in [1.807, 2.05) is 73.8 Å². The number of carbonyl (C=O) groups is 3. The van der Waals surface area contributed by atoms with E-state index < -0.39 is 12.0 Å². The molecule has 0 aliphatic heterocycles. The molecule has 0 aliphatic carbocycles. The number of esters is 1. The Morgan fingerprint density at radius 2 is 1.49 bits per heavy atom. The maximum Gasteiger partial charge on any atom is 0.328 e. The molecule has 0 saturated carbocycles. The number of nitrogens with zero attached hydrogens (tertiary/aromatic N) is 1. The summed E-state index contributed by atoms with van der Waals surface area (Å²) in [4.78, 5) is 41.9. The fourth-order valence-electron chi connectivity index (χ4n) is 5.80. The van der Waals surface area contributed by atoms with Gasteiger partial charge in [-0.25, -0.2) is 4.79 Å². The first-order valence-electron chi connectivity index (χ1n) is 16.7. The molecule has 0 radical (unpaired) electrons. The van der Waals surface area contributed by atoms with Crippen LogP contribution in [0.3, 0.4) is 0 Å². The fraction of sp³-hybridized carbons (Fsp3) is 0.341. The molecule has 49 heavy (non-hydrogen) atoms. The van der Waals surface area contributed by atoms with Gasteiger partial charge in [0.15, 0.2) is 0 Å². The Hall–Kier alpha value is -4.40. The highest BCUT2D eigenvalue weighted by Gasteiger charge is 2.25. The van der Waals surface area contributed by atoms with Crippen LogP contribution < -0.4 is 10.6 Å². The molecule has 0 bridgehead atoms. The molecule has 0 unspecified atom stereocenters. The zero-order valence-electron chi connectivity index (χ0n) is 29.5. The number of nitrogens with one attached hydrogen (secondary N) is 2. The predicted octanol–water partition coefficient (Wildman–Crippen LogP) is 7.09. The lowest BCUT2D eigenvalue weighted by Crippen LogP contribution is -2.42. The number of carbonyl (C=O) groups excluding carboxylic acids is 3. The average molecular weight is 680 g/mol. The molecule has 0 heterocycles. The van der Waals surface area contributed by atoms with Gasteiger partial charge in [0, 0.05) is 30.6 Å². The predicted molar refractivity (Wildman–Crippen MR) is 201 cm³/mol. The second-order valence-corrected chi connectivity index (χ2v) is 14.2. The third kappa shape index (κ3) is 10.8. The van der Waals surface area contributed by atoms with Gasteiger partial charge in [0.05, 0.1) is 13.7 Å². The molecule has 8 heteroatoms. The second-order valence-electron chi connectivity index (χ2n) is 13.2. The van der Waals surface area contributed by atoms with Gasteiger partial charge < -0.3 is 15.4 Å². The molecule has 2 N–H and O–H groups in total. The molecular formula is C41H49N3O4S. The molecule has 258 valence electrons. The molecule has 1 atom stereocenters. The number of amides is 2. The smallest absolute Gasteiger partial charge is 0.328 e. The van der Waals surface area contributed by atoms with Gasteiger partial charge in [-0.3, -0.25) is 14.5 Å². The van der Waals surface area contributed by atoms with Crippen LogP contribution in [0.15, 0.2) is 97.1 Å². The SMILES string of the molecule is COC(=O)[C@H](CCSC)NC(=O)c1ccc(CN(CC(=O)NCC(C)(C)c2ccccc2)Cc2ccc(C)cc2)cc1-c1ccccc1C. The molecule has 0 saturated heterocycles. The summed E-state index contributed by atoms with van der Waals surface area (Å²) in [5, 5.41) is 6.09. The Balaban J connectivity index is 1.62. The summed E-state index contributed by atoms with van der Waals surface area (Å²) in [6.07, 6.45) is 2.43. The lowest BCUT2D eigenvalue weighted by molar-refractivity contribution is -0.142. The zero-order chi connectivity index (χ0) is 35.4. The third-order valence-corrected chi connectivity index (χ3v) is 9.39. The number of thioether (sulfide) groups is 1. The van der Waals surface area contributed by atoms with E-state index in [1.165, 1.54) is 18.2 Å². The summed E-state index contributed by atoms with van der Waals surface area (Å²) in [5.41, 5.74) is 7.39. The van der Waals surface area contributed by atoms with Crippen LogP contribution in [0.1, 0.15) is 58.4 Å². The Bertz CT molecular complexity index is 1710. The molecule has 4 aromatic carbocycles. The number of hydrogen-bond acceptors (Lipinski definition) is 6. The van der Waals surface area contributed by atoms with Crippen molar-refractivity contribution in [2.24, 2.45) is 0 Å². The van der Waals surface area contributed by atoms with Gasteiger partial charge in [0.2, 0.25) is 5.91 Å². The van der Waals surface area contributed by atoms with Crippen LogP contribution in [0.5, 0.6) is 0 Å². The van der Waals surface area contributed by atoms with Gasteiger partial charge in [0.25, 0.3) is 5.91 Å². The van der Waals surface area contributed by atoms with E-state index in [4.69, 9.17) is 4.74 Å². The van der Waals surface area contributed by atoms with E-state index in [1.54, 1.807) is 11.8 Å². The van der Waals surface area contributed by atoms with Crippen molar-refractivity contribution in [3.8, 4) is 11.1 Å². The van der Waals surface area contributed by atoms with Crippen LogP contribution in [-0.4, -0.2) is 60.9 Å². The maximum atomic E-state index is 13.8. The monoisotopic (exact) mass is 679 g/mol. The quantitative estimate of drug-likeness (QED) is 0.123. The minimum Gasteiger partial charge on any atom is -0.467 e. The Morgan fingerprint density at radius 1 is 0.837 bits per heavy atom. The van der Waals surface area contributed by atoms with E-state index in [-0.39, 0.29) is 23.8 Å². The van der Waals surface area contributed by atoms with Gasteiger partial charge >= 0.3 is 5.97 Å². The number of methoxy groups -OCH3 is 1. The van der Waals surface area contributed by atoms with Crippen molar-refractivity contribution >= 4 is 29.5 Å². The molecular weight excluding hydrogens is 631 g/mol. The number of benzene rings is 4. The number of ether oxygens (including phenoxy) is 1. The van der Waals surface area contributed by atoms with Gasteiger partial charge in [-0.05, 0) is 77.8 Å². The van der Waals surface area contributed by atoms with E-state index in [0.29, 0.717) is 37.4 Å².